The molecule has 0 amide bonds. The Morgan fingerprint density at radius 1 is 1.14 bits per heavy atom. The Morgan fingerprint density at radius 2 is 1.90 bits per heavy atom. The van der Waals surface area contributed by atoms with Gasteiger partial charge in [-0.15, -0.1) is 0 Å². The van der Waals surface area contributed by atoms with Gasteiger partial charge in [-0.2, -0.15) is 0 Å². The van der Waals surface area contributed by atoms with Gasteiger partial charge >= 0.3 is 0 Å². The van der Waals surface area contributed by atoms with Gasteiger partial charge in [-0.1, -0.05) is 6.07 Å². The number of nitrogens with two attached hydrogens (primary N) is 1. The van der Waals surface area contributed by atoms with Gasteiger partial charge in [0, 0.05) is 0 Å². The molecule has 0 unspecified atom stereocenters. The molecule has 0 aromatic heterocycles. The molecule has 118 valence electrons. The summed E-state index contributed by atoms with van der Waals surface area (Å²) in [6.45, 7) is 12.4. The zero-order valence-corrected chi connectivity index (χ0v) is 14.7. The number of ether oxygens (including phenoxy) is 2. The lowest BCUT2D eigenvalue weighted by molar-refractivity contribution is -0.947. The molecule has 1 aliphatic rings. The fourth-order valence-corrected chi connectivity index (χ4v) is 3.53. The monoisotopic (exact) mass is 358 g/mol. The highest BCUT2D eigenvalue weighted by Crippen LogP contribution is 2.29. The van der Waals surface area contributed by atoms with Crippen molar-refractivity contribution in [3.63, 3.8) is 0 Å². The van der Waals surface area contributed by atoms with E-state index < -0.39 is 0 Å². The van der Waals surface area contributed by atoms with Gasteiger partial charge in [-0.25, -0.2) is 0 Å². The van der Waals surface area contributed by atoms with Crippen LogP contribution in [0.15, 0.2) is 16.6 Å². The SMILES string of the molecule is Cc1cc(C)c(OCCOCC[NH+]2CC[NH2+]CC2)c(Br)c1. The van der Waals surface area contributed by atoms with Gasteiger partial charge in [0.15, 0.2) is 0 Å². The van der Waals surface area contributed by atoms with Gasteiger partial charge in [0.05, 0.1) is 17.7 Å². The maximum atomic E-state index is 5.83. The third kappa shape index (κ3) is 5.58. The normalized spacial score (nSPS) is 16.1. The van der Waals surface area contributed by atoms with E-state index in [2.05, 4.69) is 47.2 Å². The molecule has 0 spiro atoms. The highest BCUT2D eigenvalue weighted by molar-refractivity contribution is 9.10. The second-order valence-electron chi connectivity index (χ2n) is 5.72. The van der Waals surface area contributed by atoms with Crippen molar-refractivity contribution in [1.82, 2.24) is 0 Å². The van der Waals surface area contributed by atoms with E-state index in [1.165, 1.54) is 31.7 Å². The number of nitrogens with one attached hydrogen (secondary N) is 1. The van der Waals surface area contributed by atoms with Crippen LogP contribution in [0.2, 0.25) is 0 Å². The van der Waals surface area contributed by atoms with Crippen LogP contribution in [0.3, 0.4) is 0 Å². The summed E-state index contributed by atoms with van der Waals surface area (Å²) >= 11 is 3.56. The van der Waals surface area contributed by atoms with Crippen molar-refractivity contribution in [3.8, 4) is 5.75 Å². The lowest BCUT2D eigenvalue weighted by Gasteiger charge is -2.21. The Hall–Kier alpha value is -0.620. The first-order valence-electron chi connectivity index (χ1n) is 7.79. The molecule has 2 rings (SSSR count). The van der Waals surface area contributed by atoms with E-state index in [4.69, 9.17) is 9.47 Å². The fraction of sp³-hybridized carbons (Fsp3) is 0.625. The molecule has 1 saturated heterocycles. The topological polar surface area (TPSA) is 39.5 Å². The molecule has 0 aliphatic carbocycles. The number of halogens is 1. The van der Waals surface area contributed by atoms with Crippen LogP contribution in [0, 0.1) is 13.8 Å². The van der Waals surface area contributed by atoms with Crippen molar-refractivity contribution in [2.75, 3.05) is 52.5 Å². The quantitative estimate of drug-likeness (QED) is 0.669. The molecule has 5 heteroatoms. The number of quaternary nitrogens is 2. The van der Waals surface area contributed by atoms with E-state index in [0.717, 1.165) is 28.9 Å². The van der Waals surface area contributed by atoms with Crippen molar-refractivity contribution in [2.45, 2.75) is 13.8 Å². The highest BCUT2D eigenvalue weighted by atomic mass is 79.9. The Kier molecular flexibility index (Phi) is 6.96. The predicted molar refractivity (Wildman–Crippen MR) is 87.2 cm³/mol. The lowest BCUT2D eigenvalue weighted by atomic mass is 10.1. The van der Waals surface area contributed by atoms with Crippen molar-refractivity contribution in [1.29, 1.82) is 0 Å². The lowest BCUT2D eigenvalue weighted by Crippen LogP contribution is -3.20. The maximum absolute atomic E-state index is 5.83. The Labute approximate surface area is 135 Å². The van der Waals surface area contributed by atoms with E-state index in [1.54, 1.807) is 4.90 Å². The number of rotatable bonds is 7. The van der Waals surface area contributed by atoms with E-state index in [-0.39, 0.29) is 0 Å². The number of hydrogen-bond acceptors (Lipinski definition) is 2. The van der Waals surface area contributed by atoms with E-state index >= 15 is 0 Å². The third-order valence-electron chi connectivity index (χ3n) is 3.85. The first-order valence-corrected chi connectivity index (χ1v) is 8.58. The predicted octanol–water partition coefficient (Wildman–Crippen LogP) is -0.0768. The van der Waals surface area contributed by atoms with Crippen LogP contribution in [0.5, 0.6) is 5.75 Å². The Morgan fingerprint density at radius 3 is 2.62 bits per heavy atom. The number of benzene rings is 1. The van der Waals surface area contributed by atoms with E-state index in [9.17, 15) is 0 Å². The molecule has 0 saturated carbocycles. The molecule has 3 N–H and O–H groups in total. The van der Waals surface area contributed by atoms with Crippen molar-refractivity contribution in [3.05, 3.63) is 27.7 Å². The molecule has 4 nitrogen and oxygen atoms in total. The van der Waals surface area contributed by atoms with Crippen LogP contribution in [0.4, 0.5) is 0 Å². The van der Waals surface area contributed by atoms with Crippen molar-refractivity contribution in [2.24, 2.45) is 0 Å². The second-order valence-corrected chi connectivity index (χ2v) is 6.57. The van der Waals surface area contributed by atoms with Crippen molar-refractivity contribution >= 4 is 15.9 Å². The van der Waals surface area contributed by atoms with Gasteiger partial charge in [-0.3, -0.25) is 0 Å². The van der Waals surface area contributed by atoms with Gasteiger partial charge < -0.3 is 19.7 Å². The number of piperazine rings is 1. The fourth-order valence-electron chi connectivity index (χ4n) is 2.74. The molecule has 1 heterocycles. The minimum Gasteiger partial charge on any atom is -0.490 e. The summed E-state index contributed by atoms with van der Waals surface area (Å²) in [5.74, 6) is 0.932. The highest BCUT2D eigenvalue weighted by Gasteiger charge is 2.14. The number of aryl methyl sites for hydroxylation is 2. The summed E-state index contributed by atoms with van der Waals surface area (Å²) < 4.78 is 12.5. The summed E-state index contributed by atoms with van der Waals surface area (Å²) in [6.07, 6.45) is 0. The van der Waals surface area contributed by atoms with Gasteiger partial charge in [0.1, 0.15) is 45.1 Å². The standard InChI is InChI=1S/C16H25BrN2O2/c1-13-11-14(2)16(15(17)12-13)21-10-9-20-8-7-19-5-3-18-4-6-19/h11-12,18H,3-10H2,1-2H3/p+2. The van der Waals surface area contributed by atoms with Gasteiger partial charge in [0.2, 0.25) is 0 Å². The van der Waals surface area contributed by atoms with Crippen LogP contribution >= 0.6 is 15.9 Å². The zero-order chi connectivity index (χ0) is 15.1. The minimum absolute atomic E-state index is 0.603. The Balaban J connectivity index is 1.61. The van der Waals surface area contributed by atoms with Gasteiger partial charge in [-0.05, 0) is 47.0 Å². The van der Waals surface area contributed by atoms with Crippen LogP contribution in [0.1, 0.15) is 11.1 Å². The average Bonchev–Trinajstić information content (AvgIpc) is 2.45. The summed E-state index contributed by atoms with van der Waals surface area (Å²) in [6, 6.07) is 4.22. The van der Waals surface area contributed by atoms with Crippen LogP contribution in [0.25, 0.3) is 0 Å². The number of hydrogen-bond donors (Lipinski definition) is 2. The van der Waals surface area contributed by atoms with E-state index in [0.29, 0.717) is 13.2 Å². The molecule has 0 atom stereocenters. The summed E-state index contributed by atoms with van der Waals surface area (Å²) in [5.41, 5.74) is 2.40. The zero-order valence-electron chi connectivity index (χ0n) is 13.1. The molecular formula is C16H27BrN2O2+2. The maximum Gasteiger partial charge on any atom is 0.136 e. The van der Waals surface area contributed by atoms with Crippen molar-refractivity contribution < 1.29 is 19.7 Å². The average molecular weight is 359 g/mol. The van der Waals surface area contributed by atoms with Crippen LogP contribution in [-0.2, 0) is 4.74 Å². The molecule has 1 fully saturated rings. The minimum atomic E-state index is 0.603. The van der Waals surface area contributed by atoms with E-state index in [1.807, 2.05) is 0 Å². The second kappa shape index (κ2) is 8.73. The molecule has 1 aromatic rings. The Bertz CT molecular complexity index is 425. The summed E-state index contributed by atoms with van der Waals surface area (Å²) in [7, 11) is 0. The summed E-state index contributed by atoms with van der Waals surface area (Å²) in [4.78, 5) is 1.66. The van der Waals surface area contributed by atoms with Gasteiger partial charge in [0.25, 0.3) is 0 Å². The molecular weight excluding hydrogens is 332 g/mol. The van der Waals surface area contributed by atoms with Crippen LogP contribution in [-0.4, -0.2) is 52.5 Å². The summed E-state index contributed by atoms with van der Waals surface area (Å²) in [5, 5.41) is 2.39. The van der Waals surface area contributed by atoms with Crippen LogP contribution < -0.4 is 15.0 Å². The first-order chi connectivity index (χ1) is 10.2. The molecule has 1 aromatic carbocycles. The smallest absolute Gasteiger partial charge is 0.136 e. The largest absolute Gasteiger partial charge is 0.490 e. The molecule has 0 radical (unpaired) electrons. The molecule has 1 aliphatic heterocycles. The third-order valence-corrected chi connectivity index (χ3v) is 4.44. The molecule has 21 heavy (non-hydrogen) atoms. The first kappa shape index (κ1) is 16.7. The molecule has 0 bridgehead atoms.